The molecule has 0 saturated heterocycles. The van der Waals surface area contributed by atoms with Gasteiger partial charge in [-0.1, -0.05) is 6.42 Å². The fourth-order valence-corrected chi connectivity index (χ4v) is 0.570. The molecule has 0 aromatic rings. The van der Waals surface area contributed by atoms with Gasteiger partial charge in [-0.05, 0) is 12.8 Å². The van der Waals surface area contributed by atoms with E-state index in [4.69, 9.17) is 5.73 Å². The Labute approximate surface area is 54.2 Å². The number of alkyl halides is 1. The zero-order valence-corrected chi connectivity index (χ0v) is 5.40. The van der Waals surface area contributed by atoms with E-state index in [1.54, 1.807) is 0 Å². The van der Waals surface area contributed by atoms with E-state index in [0.29, 0.717) is 12.8 Å². The van der Waals surface area contributed by atoms with E-state index in [0.717, 1.165) is 12.8 Å². The highest BCUT2D eigenvalue weighted by atomic mass is 19.1. The molecular weight excluding hydrogens is 121 g/mol. The second kappa shape index (κ2) is 5.54. The van der Waals surface area contributed by atoms with Crippen molar-refractivity contribution in [3.05, 3.63) is 0 Å². The molecule has 1 amide bonds. The number of unbranched alkanes of at least 4 members (excludes halogenated alkanes) is 2. The smallest absolute Gasteiger partial charge is 0.217 e. The molecule has 0 bridgehead atoms. The van der Waals surface area contributed by atoms with Gasteiger partial charge in [0.2, 0.25) is 5.91 Å². The molecule has 0 fully saturated rings. The monoisotopic (exact) mass is 133 g/mol. The van der Waals surface area contributed by atoms with Crippen LogP contribution in [0.4, 0.5) is 4.39 Å². The van der Waals surface area contributed by atoms with E-state index in [2.05, 4.69) is 0 Å². The number of carbonyl (C=O) groups excluding carboxylic acids is 1. The Morgan fingerprint density at radius 1 is 1.33 bits per heavy atom. The van der Waals surface area contributed by atoms with Gasteiger partial charge in [0.05, 0.1) is 6.67 Å². The molecule has 9 heavy (non-hydrogen) atoms. The Balaban J connectivity index is 2.83. The molecule has 54 valence electrons. The largest absolute Gasteiger partial charge is 0.370 e. The van der Waals surface area contributed by atoms with Crippen molar-refractivity contribution in [1.82, 2.24) is 0 Å². The summed E-state index contributed by atoms with van der Waals surface area (Å²) in [7, 11) is 0. The van der Waals surface area contributed by atoms with E-state index in [9.17, 15) is 9.18 Å². The highest BCUT2D eigenvalue weighted by Crippen LogP contribution is 1.98. The van der Waals surface area contributed by atoms with Crippen LogP contribution >= 0.6 is 0 Å². The molecule has 0 radical (unpaired) electrons. The van der Waals surface area contributed by atoms with Crippen LogP contribution in [0.3, 0.4) is 0 Å². The van der Waals surface area contributed by atoms with Gasteiger partial charge in [-0.3, -0.25) is 9.18 Å². The van der Waals surface area contributed by atoms with Crippen LogP contribution in [0, 0.1) is 0 Å². The molecule has 0 heterocycles. The maximum atomic E-state index is 11.4. The van der Waals surface area contributed by atoms with Crippen LogP contribution in [-0.4, -0.2) is 12.6 Å². The minimum atomic E-state index is -0.297. The third kappa shape index (κ3) is 7.40. The lowest BCUT2D eigenvalue weighted by molar-refractivity contribution is -0.118. The molecule has 2 nitrogen and oxygen atoms in total. The van der Waals surface area contributed by atoms with Crippen molar-refractivity contribution in [2.45, 2.75) is 25.7 Å². The molecule has 0 aromatic heterocycles. The quantitative estimate of drug-likeness (QED) is 0.558. The second-order valence-corrected chi connectivity index (χ2v) is 1.97. The molecule has 0 aliphatic carbocycles. The van der Waals surface area contributed by atoms with Crippen molar-refractivity contribution in [3.63, 3.8) is 0 Å². The van der Waals surface area contributed by atoms with Gasteiger partial charge in [0, 0.05) is 6.42 Å². The Morgan fingerprint density at radius 3 is 2.44 bits per heavy atom. The lowest BCUT2D eigenvalue weighted by Crippen LogP contribution is -2.09. The van der Waals surface area contributed by atoms with Crippen LogP contribution in [-0.2, 0) is 4.79 Å². The van der Waals surface area contributed by atoms with Gasteiger partial charge in [-0.25, -0.2) is 0 Å². The summed E-state index contributed by atoms with van der Waals surface area (Å²) in [5.74, 6) is -0.297. The summed E-state index contributed by atoms with van der Waals surface area (Å²) in [6.45, 7) is -0.293. The minimum Gasteiger partial charge on any atom is -0.370 e. The average Bonchev–Trinajstić information content (AvgIpc) is 1.80. The summed E-state index contributed by atoms with van der Waals surface area (Å²) in [6.07, 6.45) is 2.42. The van der Waals surface area contributed by atoms with Gasteiger partial charge in [0.25, 0.3) is 0 Å². The summed E-state index contributed by atoms with van der Waals surface area (Å²) < 4.78 is 11.4. The average molecular weight is 133 g/mol. The van der Waals surface area contributed by atoms with E-state index in [1.165, 1.54) is 0 Å². The SMILES string of the molecule is NC(=O)CCCCCF. The van der Waals surface area contributed by atoms with Gasteiger partial charge >= 0.3 is 0 Å². The number of hydrogen-bond donors (Lipinski definition) is 1. The second-order valence-electron chi connectivity index (χ2n) is 1.97. The first-order valence-corrected chi connectivity index (χ1v) is 3.11. The number of nitrogens with two attached hydrogens (primary N) is 1. The minimum absolute atomic E-state index is 0.293. The molecule has 0 unspecified atom stereocenters. The maximum Gasteiger partial charge on any atom is 0.217 e. The number of hydrogen-bond acceptors (Lipinski definition) is 1. The molecule has 0 aliphatic heterocycles. The van der Waals surface area contributed by atoms with Crippen LogP contribution < -0.4 is 5.73 Å². The zero-order chi connectivity index (χ0) is 7.11. The summed E-state index contributed by atoms with van der Waals surface area (Å²) in [4.78, 5) is 10.1. The molecule has 0 atom stereocenters. The summed E-state index contributed by atoms with van der Waals surface area (Å²) in [5.41, 5.74) is 4.84. The van der Waals surface area contributed by atoms with Gasteiger partial charge in [-0.15, -0.1) is 0 Å². The molecular formula is C6H12FNO. The predicted octanol–water partition coefficient (Wildman–Crippen LogP) is 1.00. The Kier molecular flexibility index (Phi) is 5.17. The Morgan fingerprint density at radius 2 is 2.00 bits per heavy atom. The normalized spacial score (nSPS) is 9.44. The van der Waals surface area contributed by atoms with Crippen LogP contribution in [0.2, 0.25) is 0 Å². The Hall–Kier alpha value is -0.600. The van der Waals surface area contributed by atoms with Crippen LogP contribution in [0.25, 0.3) is 0 Å². The van der Waals surface area contributed by atoms with E-state index in [-0.39, 0.29) is 12.6 Å². The summed E-state index contributed by atoms with van der Waals surface area (Å²) in [5, 5.41) is 0. The van der Waals surface area contributed by atoms with Crippen LogP contribution in [0.5, 0.6) is 0 Å². The predicted molar refractivity (Wildman–Crippen MR) is 33.6 cm³/mol. The first-order chi connectivity index (χ1) is 4.27. The zero-order valence-electron chi connectivity index (χ0n) is 5.40. The van der Waals surface area contributed by atoms with Gasteiger partial charge < -0.3 is 5.73 Å². The molecule has 0 rings (SSSR count). The summed E-state index contributed by atoms with van der Waals surface area (Å²) >= 11 is 0. The lowest BCUT2D eigenvalue weighted by Gasteiger charge is -1.92. The molecule has 2 N–H and O–H groups in total. The van der Waals surface area contributed by atoms with Crippen molar-refractivity contribution in [2.24, 2.45) is 5.73 Å². The van der Waals surface area contributed by atoms with Crippen molar-refractivity contribution >= 4 is 5.91 Å². The molecule has 3 heteroatoms. The molecule has 0 spiro atoms. The van der Waals surface area contributed by atoms with Crippen molar-refractivity contribution in [3.8, 4) is 0 Å². The van der Waals surface area contributed by atoms with Gasteiger partial charge in [0.1, 0.15) is 0 Å². The van der Waals surface area contributed by atoms with E-state index in [1.807, 2.05) is 0 Å². The Bertz CT molecular complexity index is 85.1. The number of rotatable bonds is 5. The number of carbonyl (C=O) groups is 1. The molecule has 0 aromatic carbocycles. The highest BCUT2D eigenvalue weighted by molar-refractivity contribution is 5.73. The standard InChI is InChI=1S/C6H12FNO/c7-5-3-1-2-4-6(8)9/h1-5H2,(H2,8,9). The lowest BCUT2D eigenvalue weighted by atomic mass is 10.2. The topological polar surface area (TPSA) is 43.1 Å². The third-order valence-electron chi connectivity index (χ3n) is 1.06. The van der Waals surface area contributed by atoms with Crippen LogP contribution in [0.1, 0.15) is 25.7 Å². The molecule has 0 saturated carbocycles. The summed E-state index contributed by atoms with van der Waals surface area (Å²) in [6, 6.07) is 0. The van der Waals surface area contributed by atoms with Crippen molar-refractivity contribution < 1.29 is 9.18 Å². The van der Waals surface area contributed by atoms with Crippen molar-refractivity contribution in [2.75, 3.05) is 6.67 Å². The maximum absolute atomic E-state index is 11.4. The number of halogens is 1. The first kappa shape index (κ1) is 8.40. The fraction of sp³-hybridized carbons (Fsp3) is 0.833. The fourth-order valence-electron chi connectivity index (χ4n) is 0.570. The van der Waals surface area contributed by atoms with E-state index < -0.39 is 0 Å². The van der Waals surface area contributed by atoms with Crippen molar-refractivity contribution in [1.29, 1.82) is 0 Å². The van der Waals surface area contributed by atoms with Crippen LogP contribution in [0.15, 0.2) is 0 Å². The number of primary amides is 1. The first-order valence-electron chi connectivity index (χ1n) is 3.11. The third-order valence-corrected chi connectivity index (χ3v) is 1.06. The molecule has 0 aliphatic rings. The van der Waals surface area contributed by atoms with Gasteiger partial charge in [0.15, 0.2) is 0 Å². The highest BCUT2D eigenvalue weighted by Gasteiger charge is 1.92. The van der Waals surface area contributed by atoms with E-state index >= 15 is 0 Å². The van der Waals surface area contributed by atoms with Gasteiger partial charge in [-0.2, -0.15) is 0 Å². The number of amides is 1.